The summed E-state index contributed by atoms with van der Waals surface area (Å²) in [6, 6.07) is 5.94. The zero-order valence-electron chi connectivity index (χ0n) is 15.8. The lowest BCUT2D eigenvalue weighted by molar-refractivity contribution is -0.133. The molecule has 1 aliphatic heterocycles. The molecule has 0 aliphatic carbocycles. The number of hydrogen-bond acceptors (Lipinski definition) is 4. The molecule has 25 heavy (non-hydrogen) atoms. The minimum absolute atomic E-state index is 0.265. The van der Waals surface area contributed by atoms with Gasteiger partial charge in [-0.15, -0.1) is 0 Å². The van der Waals surface area contributed by atoms with Gasteiger partial charge in [-0.2, -0.15) is 0 Å². The molecule has 1 heterocycles. The van der Waals surface area contributed by atoms with Gasteiger partial charge in [0.05, 0.1) is 20.8 Å². The number of benzene rings is 1. The third kappa shape index (κ3) is 5.92. The number of piperidine rings is 1. The Hall–Kier alpha value is -1.75. The van der Waals surface area contributed by atoms with Crippen molar-refractivity contribution in [2.45, 2.75) is 39.0 Å². The largest absolute Gasteiger partial charge is 0.493 e. The van der Waals surface area contributed by atoms with Crippen molar-refractivity contribution in [1.82, 2.24) is 4.90 Å². The summed E-state index contributed by atoms with van der Waals surface area (Å²) in [6.45, 7) is 5.26. The van der Waals surface area contributed by atoms with Crippen LogP contribution in [0.4, 0.5) is 0 Å². The van der Waals surface area contributed by atoms with Gasteiger partial charge in [0.1, 0.15) is 0 Å². The van der Waals surface area contributed by atoms with Crippen LogP contribution >= 0.6 is 0 Å². The van der Waals surface area contributed by atoms with Crippen molar-refractivity contribution in [3.05, 3.63) is 23.8 Å². The minimum atomic E-state index is 0.265. The van der Waals surface area contributed by atoms with Gasteiger partial charge in [-0.25, -0.2) is 0 Å². The van der Waals surface area contributed by atoms with Crippen molar-refractivity contribution < 1.29 is 19.0 Å². The van der Waals surface area contributed by atoms with Crippen molar-refractivity contribution in [1.29, 1.82) is 0 Å². The molecule has 5 nitrogen and oxygen atoms in total. The number of carbonyl (C=O) groups is 1. The molecule has 0 aromatic heterocycles. The molecule has 0 saturated carbocycles. The highest BCUT2D eigenvalue weighted by molar-refractivity contribution is 5.76. The SMILES string of the molecule is CCOCC1CCCN(C(=O)CCCc2ccc(OC)c(OC)c2)C1. The normalized spacial score (nSPS) is 17.4. The molecule has 0 spiro atoms. The number of rotatable bonds is 9. The van der Waals surface area contributed by atoms with E-state index in [2.05, 4.69) is 0 Å². The Morgan fingerprint density at radius 2 is 2.04 bits per heavy atom. The zero-order chi connectivity index (χ0) is 18.1. The Kier molecular flexibility index (Phi) is 8.06. The number of hydrogen-bond donors (Lipinski definition) is 0. The van der Waals surface area contributed by atoms with Gasteiger partial charge in [-0.05, 0) is 56.2 Å². The summed E-state index contributed by atoms with van der Waals surface area (Å²) in [5.74, 6) is 2.22. The summed E-state index contributed by atoms with van der Waals surface area (Å²) < 4.78 is 16.1. The summed E-state index contributed by atoms with van der Waals surface area (Å²) >= 11 is 0. The van der Waals surface area contributed by atoms with E-state index < -0.39 is 0 Å². The third-order valence-electron chi connectivity index (χ3n) is 4.73. The van der Waals surface area contributed by atoms with E-state index in [-0.39, 0.29) is 5.91 Å². The first-order valence-electron chi connectivity index (χ1n) is 9.24. The van der Waals surface area contributed by atoms with E-state index in [0.717, 1.165) is 63.5 Å². The van der Waals surface area contributed by atoms with E-state index in [4.69, 9.17) is 14.2 Å². The van der Waals surface area contributed by atoms with Crippen LogP contribution in [0.25, 0.3) is 0 Å². The zero-order valence-corrected chi connectivity index (χ0v) is 15.8. The predicted molar refractivity (Wildman–Crippen MR) is 98.3 cm³/mol. The first-order valence-corrected chi connectivity index (χ1v) is 9.24. The Morgan fingerprint density at radius 3 is 2.76 bits per heavy atom. The van der Waals surface area contributed by atoms with Crippen molar-refractivity contribution in [2.24, 2.45) is 5.92 Å². The van der Waals surface area contributed by atoms with E-state index in [1.165, 1.54) is 5.56 Å². The smallest absolute Gasteiger partial charge is 0.222 e. The Bertz CT molecular complexity index is 546. The summed E-state index contributed by atoms with van der Waals surface area (Å²) in [7, 11) is 3.27. The summed E-state index contributed by atoms with van der Waals surface area (Å²) in [4.78, 5) is 14.5. The Balaban J connectivity index is 1.78. The molecule has 2 rings (SSSR count). The highest BCUT2D eigenvalue weighted by Crippen LogP contribution is 2.28. The molecule has 5 heteroatoms. The van der Waals surface area contributed by atoms with Crippen LogP contribution in [0.1, 0.15) is 38.2 Å². The molecule has 0 radical (unpaired) electrons. The molecule has 1 atom stereocenters. The topological polar surface area (TPSA) is 48.0 Å². The second kappa shape index (κ2) is 10.3. The van der Waals surface area contributed by atoms with E-state index in [1.54, 1.807) is 14.2 Å². The maximum Gasteiger partial charge on any atom is 0.222 e. The van der Waals surface area contributed by atoms with E-state index in [0.29, 0.717) is 12.3 Å². The van der Waals surface area contributed by atoms with Crippen molar-refractivity contribution in [2.75, 3.05) is 40.5 Å². The van der Waals surface area contributed by atoms with E-state index in [1.807, 2.05) is 30.0 Å². The standard InChI is InChI=1S/C20H31NO4/c1-4-25-15-17-8-6-12-21(14-17)20(22)9-5-7-16-10-11-18(23-2)19(13-16)24-3/h10-11,13,17H,4-9,12,14-15H2,1-3H3. The van der Waals surface area contributed by atoms with Crippen LogP contribution < -0.4 is 9.47 Å². The number of likely N-dealkylation sites (tertiary alicyclic amines) is 1. The first kappa shape index (κ1) is 19.6. The summed E-state index contributed by atoms with van der Waals surface area (Å²) in [5.41, 5.74) is 1.17. The van der Waals surface area contributed by atoms with Gasteiger partial charge in [0, 0.05) is 26.1 Å². The number of nitrogens with zero attached hydrogens (tertiary/aromatic N) is 1. The van der Waals surface area contributed by atoms with Gasteiger partial charge in [0.25, 0.3) is 0 Å². The van der Waals surface area contributed by atoms with Crippen LogP contribution in [0, 0.1) is 5.92 Å². The highest BCUT2D eigenvalue weighted by Gasteiger charge is 2.23. The summed E-state index contributed by atoms with van der Waals surface area (Å²) in [6.07, 6.45) is 4.55. The lowest BCUT2D eigenvalue weighted by Gasteiger charge is -2.32. The van der Waals surface area contributed by atoms with Crippen LogP contribution in [0.5, 0.6) is 11.5 Å². The number of methoxy groups -OCH3 is 2. The fraction of sp³-hybridized carbons (Fsp3) is 0.650. The average Bonchev–Trinajstić information content (AvgIpc) is 2.66. The van der Waals surface area contributed by atoms with Crippen LogP contribution in [0.15, 0.2) is 18.2 Å². The number of carbonyl (C=O) groups excluding carboxylic acids is 1. The van der Waals surface area contributed by atoms with Gasteiger partial charge < -0.3 is 19.1 Å². The van der Waals surface area contributed by atoms with Crippen LogP contribution in [0.3, 0.4) is 0 Å². The highest BCUT2D eigenvalue weighted by atomic mass is 16.5. The molecule has 1 aliphatic rings. The number of aryl methyl sites for hydroxylation is 1. The molecule has 0 N–H and O–H groups in total. The van der Waals surface area contributed by atoms with Crippen LogP contribution in [-0.4, -0.2) is 51.3 Å². The molecule has 1 amide bonds. The fourth-order valence-electron chi connectivity index (χ4n) is 3.35. The van der Waals surface area contributed by atoms with Gasteiger partial charge in [-0.1, -0.05) is 6.07 Å². The quantitative estimate of drug-likeness (QED) is 0.686. The van der Waals surface area contributed by atoms with Crippen LogP contribution in [-0.2, 0) is 16.0 Å². The Morgan fingerprint density at radius 1 is 1.24 bits per heavy atom. The molecule has 1 unspecified atom stereocenters. The molecule has 1 fully saturated rings. The van der Waals surface area contributed by atoms with Crippen molar-refractivity contribution in [3.8, 4) is 11.5 Å². The maximum absolute atomic E-state index is 12.5. The van der Waals surface area contributed by atoms with E-state index in [9.17, 15) is 4.79 Å². The van der Waals surface area contributed by atoms with Gasteiger partial charge in [0.15, 0.2) is 11.5 Å². The predicted octanol–water partition coefficient (Wildman–Crippen LogP) is 3.30. The average molecular weight is 349 g/mol. The molecule has 140 valence electrons. The summed E-state index contributed by atoms with van der Waals surface area (Å²) in [5, 5.41) is 0. The van der Waals surface area contributed by atoms with E-state index >= 15 is 0 Å². The van der Waals surface area contributed by atoms with Crippen molar-refractivity contribution >= 4 is 5.91 Å². The van der Waals surface area contributed by atoms with Gasteiger partial charge in [0.2, 0.25) is 5.91 Å². The molecule has 1 saturated heterocycles. The minimum Gasteiger partial charge on any atom is -0.493 e. The number of ether oxygens (including phenoxy) is 3. The third-order valence-corrected chi connectivity index (χ3v) is 4.73. The van der Waals surface area contributed by atoms with Gasteiger partial charge >= 0.3 is 0 Å². The lowest BCUT2D eigenvalue weighted by atomic mass is 9.98. The maximum atomic E-state index is 12.5. The molecule has 0 bridgehead atoms. The second-order valence-electron chi connectivity index (χ2n) is 6.55. The first-order chi connectivity index (χ1) is 12.2. The molecular formula is C20H31NO4. The van der Waals surface area contributed by atoms with Crippen LogP contribution in [0.2, 0.25) is 0 Å². The lowest BCUT2D eigenvalue weighted by Crippen LogP contribution is -2.41. The fourth-order valence-corrected chi connectivity index (χ4v) is 3.35. The molecule has 1 aromatic carbocycles. The molecule has 1 aromatic rings. The van der Waals surface area contributed by atoms with Crippen molar-refractivity contribution in [3.63, 3.8) is 0 Å². The second-order valence-corrected chi connectivity index (χ2v) is 6.55. The Labute approximate surface area is 151 Å². The monoisotopic (exact) mass is 349 g/mol. The van der Waals surface area contributed by atoms with Gasteiger partial charge in [-0.3, -0.25) is 4.79 Å². The molecular weight excluding hydrogens is 318 g/mol. The number of amides is 1.